The number of nitrogens with two attached hydrogens (primary N) is 1. The summed E-state index contributed by atoms with van der Waals surface area (Å²) in [5, 5.41) is 11.3. The minimum absolute atomic E-state index is 0.354. The lowest BCUT2D eigenvalue weighted by Crippen LogP contribution is -2.27. The van der Waals surface area contributed by atoms with Gasteiger partial charge >= 0.3 is 0 Å². The molecule has 0 saturated carbocycles. The Kier molecular flexibility index (Phi) is 4.49. The number of aliphatic hydroxyl groups is 1. The van der Waals surface area contributed by atoms with Gasteiger partial charge in [-0.25, -0.2) is 9.97 Å². The highest BCUT2D eigenvalue weighted by molar-refractivity contribution is 6.07. The molecule has 132 valence electrons. The molecule has 0 aliphatic rings. The quantitative estimate of drug-likeness (QED) is 0.720. The van der Waals surface area contributed by atoms with E-state index in [9.17, 15) is 5.11 Å². The number of nitrogen functional groups attached to an aromatic ring is 1. The minimum atomic E-state index is -0.903. The summed E-state index contributed by atoms with van der Waals surface area (Å²) >= 11 is 0. The first-order valence-corrected chi connectivity index (χ1v) is 8.35. The lowest BCUT2D eigenvalue weighted by atomic mass is 10.1. The Labute approximate surface area is 146 Å². The largest absolute Gasteiger partial charge is 0.389 e. The van der Waals surface area contributed by atoms with Crippen molar-refractivity contribution in [2.45, 2.75) is 39.5 Å². The third-order valence-corrected chi connectivity index (χ3v) is 4.02. The first-order chi connectivity index (χ1) is 11.8. The molecule has 0 aliphatic heterocycles. The highest BCUT2D eigenvalue weighted by Gasteiger charge is 2.22. The second-order valence-corrected chi connectivity index (χ2v) is 6.74. The maximum Gasteiger partial charge on any atom is 0.152 e. The van der Waals surface area contributed by atoms with Crippen LogP contribution in [0.2, 0.25) is 0 Å². The van der Waals surface area contributed by atoms with E-state index < -0.39 is 5.60 Å². The average Bonchev–Trinajstić information content (AvgIpc) is 2.90. The van der Waals surface area contributed by atoms with Crippen LogP contribution in [0.15, 0.2) is 24.8 Å². The zero-order valence-electron chi connectivity index (χ0n) is 14.9. The van der Waals surface area contributed by atoms with Gasteiger partial charge in [-0.1, -0.05) is 24.8 Å². The maximum atomic E-state index is 10.4. The molecule has 0 aliphatic carbocycles. The van der Waals surface area contributed by atoms with E-state index in [1.807, 2.05) is 29.7 Å². The highest BCUT2D eigenvalue weighted by Crippen LogP contribution is 2.31. The van der Waals surface area contributed by atoms with Crippen LogP contribution in [0.1, 0.15) is 32.2 Å². The highest BCUT2D eigenvalue weighted by atomic mass is 16.5. The average molecular weight is 340 g/mol. The van der Waals surface area contributed by atoms with Crippen LogP contribution in [0.4, 0.5) is 5.82 Å². The Morgan fingerprint density at radius 3 is 2.76 bits per heavy atom. The standard InChI is InChI=1S/C19H24N4O2/c1-5-12-7-8-13-14(9-12)21-18(20)16-17(13)23(11-19(3,4)24)15(22-16)10-25-6-2/h5,7-9,24H,1,6,10-11H2,2-4H3,(H2,20,21). The van der Waals surface area contributed by atoms with Gasteiger partial charge in [-0.05, 0) is 32.4 Å². The van der Waals surface area contributed by atoms with Gasteiger partial charge in [0.05, 0.1) is 23.2 Å². The van der Waals surface area contributed by atoms with Crippen molar-refractivity contribution in [2.75, 3.05) is 12.3 Å². The van der Waals surface area contributed by atoms with Crippen molar-refractivity contribution in [1.82, 2.24) is 14.5 Å². The predicted molar refractivity (Wildman–Crippen MR) is 101 cm³/mol. The lowest BCUT2D eigenvalue weighted by Gasteiger charge is -2.20. The van der Waals surface area contributed by atoms with E-state index >= 15 is 0 Å². The van der Waals surface area contributed by atoms with E-state index in [4.69, 9.17) is 10.5 Å². The van der Waals surface area contributed by atoms with Gasteiger partial charge < -0.3 is 20.1 Å². The number of rotatable bonds is 6. The fourth-order valence-electron chi connectivity index (χ4n) is 2.96. The summed E-state index contributed by atoms with van der Waals surface area (Å²) in [6.45, 7) is 10.6. The van der Waals surface area contributed by atoms with Crippen LogP contribution in [0.5, 0.6) is 0 Å². The molecule has 0 amide bonds. The molecule has 0 bridgehead atoms. The third kappa shape index (κ3) is 3.36. The minimum Gasteiger partial charge on any atom is -0.389 e. The monoisotopic (exact) mass is 340 g/mol. The molecule has 0 atom stereocenters. The van der Waals surface area contributed by atoms with E-state index in [-0.39, 0.29) is 0 Å². The summed E-state index contributed by atoms with van der Waals surface area (Å²) in [4.78, 5) is 9.14. The second kappa shape index (κ2) is 6.46. The Balaban J connectivity index is 2.34. The lowest BCUT2D eigenvalue weighted by molar-refractivity contribution is 0.0582. The Morgan fingerprint density at radius 2 is 2.12 bits per heavy atom. The van der Waals surface area contributed by atoms with Crippen molar-refractivity contribution >= 4 is 33.8 Å². The molecule has 1 aromatic carbocycles. The van der Waals surface area contributed by atoms with Crippen LogP contribution in [-0.4, -0.2) is 31.8 Å². The molecule has 2 heterocycles. The number of imidazole rings is 1. The molecule has 25 heavy (non-hydrogen) atoms. The van der Waals surface area contributed by atoms with Gasteiger partial charge in [-0.15, -0.1) is 0 Å². The summed E-state index contributed by atoms with van der Waals surface area (Å²) in [6, 6.07) is 5.92. The van der Waals surface area contributed by atoms with Crippen molar-refractivity contribution in [1.29, 1.82) is 0 Å². The van der Waals surface area contributed by atoms with Gasteiger partial charge in [-0.2, -0.15) is 0 Å². The number of aromatic nitrogens is 3. The van der Waals surface area contributed by atoms with Gasteiger partial charge in [0.1, 0.15) is 17.9 Å². The molecule has 0 radical (unpaired) electrons. The molecule has 6 nitrogen and oxygen atoms in total. The molecule has 0 saturated heterocycles. The van der Waals surface area contributed by atoms with E-state index in [1.54, 1.807) is 19.9 Å². The molecular formula is C19H24N4O2. The fourth-order valence-corrected chi connectivity index (χ4v) is 2.96. The van der Waals surface area contributed by atoms with Crippen molar-refractivity contribution in [3.63, 3.8) is 0 Å². The Morgan fingerprint density at radius 1 is 1.36 bits per heavy atom. The van der Waals surface area contributed by atoms with Gasteiger partial charge in [0.2, 0.25) is 0 Å². The van der Waals surface area contributed by atoms with E-state index in [1.165, 1.54) is 0 Å². The van der Waals surface area contributed by atoms with Crippen LogP contribution < -0.4 is 5.73 Å². The number of ether oxygens (including phenoxy) is 1. The van der Waals surface area contributed by atoms with Crippen LogP contribution in [0.3, 0.4) is 0 Å². The predicted octanol–water partition coefficient (Wildman–Crippen LogP) is 3.12. The first kappa shape index (κ1) is 17.4. The number of hydrogen-bond donors (Lipinski definition) is 2. The van der Waals surface area contributed by atoms with E-state index in [0.717, 1.165) is 27.8 Å². The molecule has 2 aromatic heterocycles. The smallest absolute Gasteiger partial charge is 0.152 e. The second-order valence-electron chi connectivity index (χ2n) is 6.74. The van der Waals surface area contributed by atoms with Gasteiger partial charge in [0, 0.05) is 12.0 Å². The van der Waals surface area contributed by atoms with Crippen LogP contribution in [0.25, 0.3) is 28.0 Å². The number of nitrogens with zero attached hydrogens (tertiary/aromatic N) is 3. The summed E-state index contributed by atoms with van der Waals surface area (Å²) in [7, 11) is 0. The number of pyridine rings is 1. The number of benzene rings is 1. The summed E-state index contributed by atoms with van der Waals surface area (Å²) in [5.74, 6) is 1.10. The summed E-state index contributed by atoms with van der Waals surface area (Å²) in [5.41, 5.74) is 8.53. The van der Waals surface area contributed by atoms with E-state index in [2.05, 4.69) is 16.5 Å². The van der Waals surface area contributed by atoms with Gasteiger partial charge in [-0.3, -0.25) is 0 Å². The number of fused-ring (bicyclic) bond motifs is 3. The third-order valence-electron chi connectivity index (χ3n) is 4.02. The van der Waals surface area contributed by atoms with Crippen molar-refractivity contribution in [2.24, 2.45) is 0 Å². The normalized spacial score (nSPS) is 12.2. The topological polar surface area (TPSA) is 86.2 Å². The Bertz CT molecular complexity index is 938. The fraction of sp³-hybridized carbons (Fsp3) is 0.368. The van der Waals surface area contributed by atoms with Gasteiger partial charge in [0.15, 0.2) is 5.82 Å². The molecule has 3 N–H and O–H groups in total. The molecule has 3 rings (SSSR count). The van der Waals surface area contributed by atoms with Crippen molar-refractivity contribution in [3.8, 4) is 0 Å². The molecule has 0 unspecified atom stereocenters. The first-order valence-electron chi connectivity index (χ1n) is 8.35. The zero-order valence-corrected chi connectivity index (χ0v) is 14.9. The SMILES string of the molecule is C=Cc1ccc2c(c1)nc(N)c1nc(COCC)n(CC(C)(C)O)c12. The number of hydrogen-bond acceptors (Lipinski definition) is 5. The molecule has 6 heteroatoms. The molecule has 0 fully saturated rings. The summed E-state index contributed by atoms with van der Waals surface area (Å²) < 4.78 is 7.54. The number of anilines is 1. The van der Waals surface area contributed by atoms with Crippen molar-refractivity contribution in [3.05, 3.63) is 36.2 Å². The summed E-state index contributed by atoms with van der Waals surface area (Å²) in [6.07, 6.45) is 1.77. The molecular weight excluding hydrogens is 316 g/mol. The molecule has 0 spiro atoms. The molecule has 3 aromatic rings. The Hall–Kier alpha value is -2.44. The van der Waals surface area contributed by atoms with E-state index in [0.29, 0.717) is 31.1 Å². The van der Waals surface area contributed by atoms with Crippen LogP contribution in [0, 0.1) is 0 Å². The van der Waals surface area contributed by atoms with Crippen LogP contribution >= 0.6 is 0 Å². The van der Waals surface area contributed by atoms with Crippen molar-refractivity contribution < 1.29 is 9.84 Å². The van der Waals surface area contributed by atoms with Gasteiger partial charge in [0.25, 0.3) is 0 Å². The zero-order chi connectivity index (χ0) is 18.2. The van der Waals surface area contributed by atoms with Crippen LogP contribution in [-0.2, 0) is 17.9 Å². The maximum absolute atomic E-state index is 10.4.